The van der Waals surface area contributed by atoms with Gasteiger partial charge in [0.15, 0.2) is 5.65 Å². The van der Waals surface area contributed by atoms with Crippen LogP contribution in [0.15, 0.2) is 35.3 Å². The second-order valence-corrected chi connectivity index (χ2v) is 9.13. The molecule has 2 bridgehead atoms. The Kier molecular flexibility index (Phi) is 6.07. The van der Waals surface area contributed by atoms with Gasteiger partial charge in [0.05, 0.1) is 19.9 Å². The minimum Gasteiger partial charge on any atom is -0.497 e. The first-order chi connectivity index (χ1) is 16.1. The Morgan fingerprint density at radius 3 is 2.61 bits per heavy atom. The molecule has 2 aromatic heterocycles. The summed E-state index contributed by atoms with van der Waals surface area (Å²) in [5.74, 6) is 1.34. The lowest BCUT2D eigenvalue weighted by Gasteiger charge is -2.31. The molecular weight excluding hydrogens is 418 g/mol. The number of nitrogens with one attached hydrogen (secondary N) is 1. The average Bonchev–Trinajstić information content (AvgIpc) is 3.47. The minimum atomic E-state index is -0.0357. The summed E-state index contributed by atoms with van der Waals surface area (Å²) >= 11 is 0. The molecule has 3 aromatic rings. The van der Waals surface area contributed by atoms with E-state index in [0.717, 1.165) is 49.4 Å². The van der Waals surface area contributed by atoms with E-state index in [2.05, 4.69) is 32.1 Å². The van der Waals surface area contributed by atoms with Gasteiger partial charge in [-0.05, 0) is 44.5 Å². The van der Waals surface area contributed by atoms with E-state index < -0.39 is 0 Å². The van der Waals surface area contributed by atoms with Gasteiger partial charge in [-0.1, -0.05) is 12.1 Å². The number of likely N-dealkylation sites (N-methyl/N-ethyl adjacent to an activating group) is 1. The van der Waals surface area contributed by atoms with Gasteiger partial charge in [-0.2, -0.15) is 4.98 Å². The molecule has 0 saturated carbocycles. The van der Waals surface area contributed by atoms with Crippen LogP contribution >= 0.6 is 0 Å². The SMILES string of the molecule is CCNc1ncc2c(n1)n(Cc1ccc(OC)cc1)c(=O)n2CCCN1CC2CC1CN2C. The van der Waals surface area contributed by atoms with Crippen molar-refractivity contribution in [2.75, 3.05) is 45.7 Å². The van der Waals surface area contributed by atoms with Gasteiger partial charge < -0.3 is 15.0 Å². The second kappa shape index (κ2) is 9.15. The standard InChI is InChI=1S/C24H33N7O2/c1-4-25-23-26-13-21-22(27-23)31(14-17-6-8-20(33-3)9-7-17)24(32)30(21)11-5-10-29-16-18-12-19(29)15-28(18)2/h6-9,13,18-19H,4-5,10-12,14-16H2,1-3H3,(H,25,26,27). The Balaban J connectivity index is 1.39. The number of anilines is 1. The molecule has 2 aliphatic heterocycles. The fraction of sp³-hybridized carbons (Fsp3) is 0.542. The number of aromatic nitrogens is 4. The summed E-state index contributed by atoms with van der Waals surface area (Å²) in [6, 6.07) is 9.17. The van der Waals surface area contributed by atoms with E-state index in [4.69, 9.17) is 4.74 Å². The Hall–Kier alpha value is -2.91. The van der Waals surface area contributed by atoms with E-state index in [-0.39, 0.29) is 5.69 Å². The van der Waals surface area contributed by atoms with Gasteiger partial charge in [0.2, 0.25) is 5.95 Å². The van der Waals surface area contributed by atoms with Crippen LogP contribution in [0, 0.1) is 0 Å². The molecule has 9 heteroatoms. The Morgan fingerprint density at radius 1 is 1.12 bits per heavy atom. The third-order valence-corrected chi connectivity index (χ3v) is 7.05. The summed E-state index contributed by atoms with van der Waals surface area (Å²) in [5.41, 5.74) is 2.45. The number of hydrogen-bond donors (Lipinski definition) is 1. The molecule has 2 saturated heterocycles. The average molecular weight is 452 g/mol. The predicted octanol–water partition coefficient (Wildman–Crippen LogP) is 1.86. The van der Waals surface area contributed by atoms with Crippen LogP contribution in [0.5, 0.6) is 5.75 Å². The third-order valence-electron chi connectivity index (χ3n) is 7.05. The monoisotopic (exact) mass is 451 g/mol. The normalized spacial score (nSPS) is 20.7. The minimum absolute atomic E-state index is 0.0357. The van der Waals surface area contributed by atoms with Crippen LogP contribution < -0.4 is 15.7 Å². The lowest BCUT2D eigenvalue weighted by Crippen LogP contribution is -2.45. The first-order valence-corrected chi connectivity index (χ1v) is 11.8. The summed E-state index contributed by atoms with van der Waals surface area (Å²) in [4.78, 5) is 27.7. The van der Waals surface area contributed by atoms with Crippen molar-refractivity contribution in [2.24, 2.45) is 0 Å². The van der Waals surface area contributed by atoms with Crippen LogP contribution in [-0.4, -0.2) is 81.3 Å². The molecule has 176 valence electrons. The molecule has 2 fully saturated rings. The number of piperazine rings is 1. The van der Waals surface area contributed by atoms with Crippen molar-refractivity contribution < 1.29 is 4.74 Å². The van der Waals surface area contributed by atoms with E-state index in [0.29, 0.717) is 36.8 Å². The first-order valence-electron chi connectivity index (χ1n) is 11.8. The maximum atomic E-state index is 13.5. The van der Waals surface area contributed by atoms with Crippen LogP contribution in [0.4, 0.5) is 5.95 Å². The van der Waals surface area contributed by atoms with Crippen molar-refractivity contribution in [2.45, 2.75) is 44.9 Å². The highest BCUT2D eigenvalue weighted by molar-refractivity contribution is 5.72. The van der Waals surface area contributed by atoms with E-state index in [1.807, 2.05) is 35.8 Å². The third kappa shape index (κ3) is 4.22. The zero-order valence-electron chi connectivity index (χ0n) is 19.7. The van der Waals surface area contributed by atoms with Crippen molar-refractivity contribution in [3.63, 3.8) is 0 Å². The van der Waals surface area contributed by atoms with E-state index in [1.165, 1.54) is 6.42 Å². The summed E-state index contributed by atoms with van der Waals surface area (Å²) in [6.07, 6.45) is 3.99. The Morgan fingerprint density at radius 2 is 1.94 bits per heavy atom. The molecule has 0 aliphatic carbocycles. The number of benzene rings is 1. The highest BCUT2D eigenvalue weighted by Crippen LogP contribution is 2.29. The largest absolute Gasteiger partial charge is 0.497 e. The molecule has 0 amide bonds. The summed E-state index contributed by atoms with van der Waals surface area (Å²) < 4.78 is 8.86. The number of fused-ring (bicyclic) bond motifs is 3. The van der Waals surface area contributed by atoms with Crippen LogP contribution in [0.1, 0.15) is 25.3 Å². The molecular formula is C24H33N7O2. The molecule has 0 spiro atoms. The molecule has 33 heavy (non-hydrogen) atoms. The number of imidazole rings is 1. The van der Waals surface area contributed by atoms with Crippen molar-refractivity contribution in [3.8, 4) is 5.75 Å². The van der Waals surface area contributed by atoms with Gasteiger partial charge in [-0.25, -0.2) is 9.78 Å². The molecule has 2 aliphatic rings. The maximum Gasteiger partial charge on any atom is 0.330 e. The van der Waals surface area contributed by atoms with Crippen molar-refractivity contribution in [1.82, 2.24) is 28.9 Å². The highest BCUT2D eigenvalue weighted by Gasteiger charge is 2.40. The van der Waals surface area contributed by atoms with Crippen molar-refractivity contribution >= 4 is 17.1 Å². The number of aryl methyl sites for hydroxylation is 1. The van der Waals surface area contributed by atoms with Crippen LogP contribution in [0.3, 0.4) is 0 Å². The molecule has 1 aromatic carbocycles. The lowest BCUT2D eigenvalue weighted by atomic mass is 10.2. The maximum absolute atomic E-state index is 13.5. The van der Waals surface area contributed by atoms with E-state index in [1.54, 1.807) is 17.9 Å². The fourth-order valence-electron chi connectivity index (χ4n) is 5.26. The number of nitrogens with zero attached hydrogens (tertiary/aromatic N) is 6. The summed E-state index contributed by atoms with van der Waals surface area (Å²) in [7, 11) is 3.87. The molecule has 0 radical (unpaired) electrons. The first kappa shape index (κ1) is 21.9. The van der Waals surface area contributed by atoms with Crippen LogP contribution in [0.25, 0.3) is 11.2 Å². The second-order valence-electron chi connectivity index (χ2n) is 9.13. The molecule has 2 atom stereocenters. The Labute approximate surface area is 194 Å². The van der Waals surface area contributed by atoms with Gasteiger partial charge >= 0.3 is 5.69 Å². The van der Waals surface area contributed by atoms with Gasteiger partial charge in [-0.15, -0.1) is 0 Å². The number of hydrogen-bond acceptors (Lipinski definition) is 7. The molecule has 4 heterocycles. The van der Waals surface area contributed by atoms with Gasteiger partial charge in [0.25, 0.3) is 0 Å². The number of methoxy groups -OCH3 is 1. The predicted molar refractivity (Wildman–Crippen MR) is 129 cm³/mol. The molecule has 1 N–H and O–H groups in total. The Bertz CT molecular complexity index is 1170. The van der Waals surface area contributed by atoms with Gasteiger partial charge in [0.1, 0.15) is 11.3 Å². The van der Waals surface area contributed by atoms with E-state index >= 15 is 0 Å². The smallest absolute Gasteiger partial charge is 0.330 e. The lowest BCUT2D eigenvalue weighted by molar-refractivity contribution is 0.147. The van der Waals surface area contributed by atoms with E-state index in [9.17, 15) is 4.79 Å². The van der Waals surface area contributed by atoms with Gasteiger partial charge in [-0.3, -0.25) is 14.0 Å². The molecule has 2 unspecified atom stereocenters. The quantitative estimate of drug-likeness (QED) is 0.532. The van der Waals surface area contributed by atoms with Crippen LogP contribution in [-0.2, 0) is 13.1 Å². The number of likely N-dealkylation sites (tertiary alicyclic amines) is 2. The highest BCUT2D eigenvalue weighted by atomic mass is 16.5. The van der Waals surface area contributed by atoms with Crippen LogP contribution in [0.2, 0.25) is 0 Å². The number of rotatable bonds is 9. The van der Waals surface area contributed by atoms with Crippen molar-refractivity contribution in [1.29, 1.82) is 0 Å². The summed E-state index contributed by atoms with van der Waals surface area (Å²) in [6.45, 7) is 7.17. The topological polar surface area (TPSA) is 80.4 Å². The fourth-order valence-corrected chi connectivity index (χ4v) is 5.26. The van der Waals surface area contributed by atoms with Crippen molar-refractivity contribution in [3.05, 3.63) is 46.5 Å². The zero-order valence-corrected chi connectivity index (χ0v) is 19.7. The molecule has 9 nitrogen and oxygen atoms in total. The summed E-state index contributed by atoms with van der Waals surface area (Å²) in [5, 5.41) is 3.16. The molecule has 5 rings (SSSR count). The zero-order chi connectivity index (χ0) is 22.9. The number of ether oxygens (including phenoxy) is 1. The van der Waals surface area contributed by atoms with Gasteiger partial charge in [0, 0.05) is 44.8 Å².